The van der Waals surface area contributed by atoms with Crippen LogP contribution in [0.25, 0.3) is 0 Å². The molecule has 2 saturated carbocycles. The normalized spacial score (nSPS) is 32.0. The highest BCUT2D eigenvalue weighted by Gasteiger charge is 2.49. The van der Waals surface area contributed by atoms with Crippen molar-refractivity contribution < 1.29 is 4.79 Å². The van der Waals surface area contributed by atoms with Gasteiger partial charge in [-0.15, -0.1) is 24.8 Å². The Morgan fingerprint density at radius 1 is 1.15 bits per heavy atom. The summed E-state index contributed by atoms with van der Waals surface area (Å²) < 4.78 is 0. The van der Waals surface area contributed by atoms with Gasteiger partial charge in [-0.2, -0.15) is 0 Å². The van der Waals surface area contributed by atoms with Crippen molar-refractivity contribution in [3.8, 4) is 0 Å². The fraction of sp³-hybridized carbons (Fsp3) is 0.667. The monoisotopic (exact) mass is 413 g/mol. The number of carbonyl (C=O) groups is 1. The molecule has 3 fully saturated rings. The van der Waals surface area contributed by atoms with Crippen LogP contribution in [0.15, 0.2) is 30.3 Å². The summed E-state index contributed by atoms with van der Waals surface area (Å²) in [6.07, 6.45) is 4.81. The van der Waals surface area contributed by atoms with E-state index in [0.717, 1.165) is 26.2 Å². The molecule has 1 aromatic carbocycles. The molecule has 4 rings (SSSR count). The van der Waals surface area contributed by atoms with Gasteiger partial charge in [0.25, 0.3) is 0 Å². The Balaban J connectivity index is 0.00000131. The number of hydrogen-bond donors (Lipinski definition) is 1. The van der Waals surface area contributed by atoms with Gasteiger partial charge in [0.05, 0.1) is 5.92 Å². The molecule has 5 unspecified atom stereocenters. The van der Waals surface area contributed by atoms with Crippen LogP contribution in [-0.4, -0.2) is 48.4 Å². The molecule has 5 atom stereocenters. The van der Waals surface area contributed by atoms with Crippen molar-refractivity contribution in [2.75, 3.05) is 26.7 Å². The Labute approximate surface area is 175 Å². The van der Waals surface area contributed by atoms with Crippen LogP contribution in [0, 0.1) is 23.7 Å². The van der Waals surface area contributed by atoms with Crippen LogP contribution < -0.4 is 5.73 Å². The number of rotatable bonds is 5. The van der Waals surface area contributed by atoms with Crippen molar-refractivity contribution >= 4 is 30.7 Å². The number of carbonyl (C=O) groups excluding carboxylic acids is 1. The van der Waals surface area contributed by atoms with E-state index in [0.29, 0.717) is 23.7 Å². The zero-order chi connectivity index (χ0) is 17.4. The molecule has 0 spiro atoms. The van der Waals surface area contributed by atoms with Gasteiger partial charge >= 0.3 is 0 Å². The molecule has 6 heteroatoms. The van der Waals surface area contributed by atoms with E-state index in [1.165, 1.54) is 31.2 Å². The van der Waals surface area contributed by atoms with Crippen LogP contribution in [0.3, 0.4) is 0 Å². The molecular formula is C21H33Cl2N3O. The molecule has 2 N–H and O–H groups in total. The molecular weight excluding hydrogens is 381 g/mol. The van der Waals surface area contributed by atoms with Crippen molar-refractivity contribution in [2.45, 2.75) is 38.3 Å². The highest BCUT2D eigenvalue weighted by Crippen LogP contribution is 2.48. The molecule has 4 nitrogen and oxygen atoms in total. The topological polar surface area (TPSA) is 49.6 Å². The van der Waals surface area contributed by atoms with E-state index in [9.17, 15) is 4.79 Å². The van der Waals surface area contributed by atoms with Crippen LogP contribution in [0.4, 0.5) is 0 Å². The molecule has 0 aromatic heterocycles. The SMILES string of the molecule is CN(CC1CCN(Cc2ccccc2)C1)C(=O)C1C2CCC(C2)C1N.Cl.Cl. The second-order valence-corrected chi connectivity index (χ2v) is 8.53. The molecule has 2 aliphatic carbocycles. The predicted octanol–water partition coefficient (Wildman–Crippen LogP) is 3.18. The minimum Gasteiger partial charge on any atom is -0.345 e. The van der Waals surface area contributed by atoms with E-state index in [1.807, 2.05) is 11.9 Å². The minimum atomic E-state index is 0. The lowest BCUT2D eigenvalue weighted by Gasteiger charge is -2.32. The summed E-state index contributed by atoms with van der Waals surface area (Å²) in [7, 11) is 1.99. The quantitative estimate of drug-likeness (QED) is 0.805. The summed E-state index contributed by atoms with van der Waals surface area (Å²) in [6.45, 7) is 4.13. The molecule has 1 aliphatic heterocycles. The average molecular weight is 414 g/mol. The third kappa shape index (κ3) is 4.79. The second kappa shape index (κ2) is 9.60. The summed E-state index contributed by atoms with van der Waals surface area (Å²) in [4.78, 5) is 17.4. The number of nitrogens with zero attached hydrogens (tertiary/aromatic N) is 2. The maximum atomic E-state index is 12.9. The number of fused-ring (bicyclic) bond motifs is 2. The third-order valence-electron chi connectivity index (χ3n) is 6.79. The second-order valence-electron chi connectivity index (χ2n) is 8.53. The van der Waals surface area contributed by atoms with Crippen LogP contribution in [0.1, 0.15) is 31.2 Å². The molecule has 1 saturated heterocycles. The number of halogens is 2. The van der Waals surface area contributed by atoms with Crippen LogP contribution in [0.5, 0.6) is 0 Å². The van der Waals surface area contributed by atoms with E-state index in [1.54, 1.807) is 0 Å². The first kappa shape index (κ1) is 22.5. The van der Waals surface area contributed by atoms with Crippen molar-refractivity contribution in [3.05, 3.63) is 35.9 Å². The van der Waals surface area contributed by atoms with Gasteiger partial charge in [-0.3, -0.25) is 9.69 Å². The first-order chi connectivity index (χ1) is 12.1. The van der Waals surface area contributed by atoms with E-state index in [4.69, 9.17) is 5.73 Å². The Morgan fingerprint density at radius 3 is 2.52 bits per heavy atom. The van der Waals surface area contributed by atoms with Crippen LogP contribution in [0.2, 0.25) is 0 Å². The minimum absolute atomic E-state index is 0. The summed E-state index contributed by atoms with van der Waals surface area (Å²) in [6, 6.07) is 10.8. The Bertz CT molecular complexity index is 613. The molecule has 2 bridgehead atoms. The van der Waals surface area contributed by atoms with Crippen molar-refractivity contribution in [1.82, 2.24) is 9.80 Å². The molecule has 1 aromatic rings. The van der Waals surface area contributed by atoms with E-state index in [2.05, 4.69) is 35.2 Å². The van der Waals surface area contributed by atoms with E-state index in [-0.39, 0.29) is 36.8 Å². The number of amides is 1. The molecule has 1 amide bonds. The summed E-state index contributed by atoms with van der Waals surface area (Å²) in [5, 5.41) is 0. The van der Waals surface area contributed by atoms with Gasteiger partial charge in [0.1, 0.15) is 0 Å². The third-order valence-corrected chi connectivity index (χ3v) is 6.79. The van der Waals surface area contributed by atoms with Gasteiger partial charge in [0.15, 0.2) is 0 Å². The maximum absolute atomic E-state index is 12.9. The van der Waals surface area contributed by atoms with Gasteiger partial charge < -0.3 is 10.6 Å². The van der Waals surface area contributed by atoms with Crippen molar-refractivity contribution in [2.24, 2.45) is 29.4 Å². The molecule has 0 radical (unpaired) electrons. The van der Waals surface area contributed by atoms with E-state index >= 15 is 0 Å². The number of benzene rings is 1. The molecule has 3 aliphatic rings. The fourth-order valence-corrected chi connectivity index (χ4v) is 5.48. The van der Waals surface area contributed by atoms with Gasteiger partial charge in [-0.05, 0) is 55.5 Å². The molecule has 152 valence electrons. The number of likely N-dealkylation sites (tertiary alicyclic amines) is 1. The van der Waals surface area contributed by atoms with E-state index < -0.39 is 0 Å². The maximum Gasteiger partial charge on any atom is 0.227 e. The van der Waals surface area contributed by atoms with Gasteiger partial charge in [-0.25, -0.2) is 0 Å². The lowest BCUT2D eigenvalue weighted by atomic mass is 9.84. The first-order valence-electron chi connectivity index (χ1n) is 9.88. The largest absolute Gasteiger partial charge is 0.345 e. The standard InChI is InChI=1S/C21H31N3O.2ClH/c1-23(21(25)19-17-7-8-18(11-17)20(19)22)12-16-9-10-24(14-16)13-15-5-3-2-4-6-15;;/h2-6,16-20H,7-14,22H2,1H3;2*1H. The average Bonchev–Trinajstić information content (AvgIpc) is 3.32. The van der Waals surface area contributed by atoms with Crippen LogP contribution in [-0.2, 0) is 11.3 Å². The fourth-order valence-electron chi connectivity index (χ4n) is 5.48. The highest BCUT2D eigenvalue weighted by molar-refractivity contribution is 5.85. The first-order valence-corrected chi connectivity index (χ1v) is 9.88. The smallest absolute Gasteiger partial charge is 0.227 e. The number of nitrogens with two attached hydrogens (primary N) is 1. The zero-order valence-electron chi connectivity index (χ0n) is 16.1. The number of hydrogen-bond acceptors (Lipinski definition) is 3. The zero-order valence-corrected chi connectivity index (χ0v) is 17.8. The predicted molar refractivity (Wildman–Crippen MR) is 114 cm³/mol. The van der Waals surface area contributed by atoms with Gasteiger partial charge in [0.2, 0.25) is 5.91 Å². The van der Waals surface area contributed by atoms with Crippen molar-refractivity contribution in [3.63, 3.8) is 0 Å². The van der Waals surface area contributed by atoms with Gasteiger partial charge in [-0.1, -0.05) is 30.3 Å². The Kier molecular flexibility index (Phi) is 7.99. The van der Waals surface area contributed by atoms with Gasteiger partial charge in [0, 0.05) is 32.7 Å². The lowest BCUT2D eigenvalue weighted by molar-refractivity contribution is -0.136. The Hall–Kier alpha value is -0.810. The lowest BCUT2D eigenvalue weighted by Crippen LogP contribution is -2.47. The highest BCUT2D eigenvalue weighted by atomic mass is 35.5. The summed E-state index contributed by atoms with van der Waals surface area (Å²) in [5.74, 6) is 2.13. The molecule has 1 heterocycles. The molecule has 27 heavy (non-hydrogen) atoms. The summed E-state index contributed by atoms with van der Waals surface area (Å²) in [5.41, 5.74) is 7.74. The Morgan fingerprint density at radius 2 is 1.85 bits per heavy atom. The van der Waals surface area contributed by atoms with Crippen LogP contribution >= 0.6 is 24.8 Å². The summed E-state index contributed by atoms with van der Waals surface area (Å²) >= 11 is 0. The van der Waals surface area contributed by atoms with Crippen molar-refractivity contribution in [1.29, 1.82) is 0 Å².